The van der Waals surface area contributed by atoms with Crippen LogP contribution in [0.25, 0.3) is 11.5 Å². The molecular formula is C19H18F2N4O3. The van der Waals surface area contributed by atoms with Crippen LogP contribution in [-0.2, 0) is 6.54 Å². The number of halogens is 2. The summed E-state index contributed by atoms with van der Waals surface area (Å²) in [5, 5.41) is 5.36. The van der Waals surface area contributed by atoms with E-state index in [1.54, 1.807) is 30.5 Å². The van der Waals surface area contributed by atoms with Gasteiger partial charge in [-0.05, 0) is 30.7 Å². The standard InChI is InChI=1S/C19H18F2N4O3/c1-12-4-5-14(9-15(12)18-23-7-8-27-18)25-19(26)24-10-13-3-2-6-22-17(13)28-11-16(20)21/h2-9,16H,10-11H2,1H3,(H2,24,25,26). The zero-order valence-electron chi connectivity index (χ0n) is 15.0. The highest BCUT2D eigenvalue weighted by molar-refractivity contribution is 5.90. The van der Waals surface area contributed by atoms with E-state index in [2.05, 4.69) is 20.6 Å². The number of amides is 2. The molecule has 2 heterocycles. The van der Waals surface area contributed by atoms with Gasteiger partial charge in [-0.2, -0.15) is 0 Å². The molecule has 0 aliphatic carbocycles. The van der Waals surface area contributed by atoms with Crippen molar-refractivity contribution in [2.75, 3.05) is 11.9 Å². The molecule has 28 heavy (non-hydrogen) atoms. The Morgan fingerprint density at radius 3 is 2.86 bits per heavy atom. The maximum atomic E-state index is 12.3. The number of aryl methyl sites for hydroxylation is 1. The second-order valence-electron chi connectivity index (χ2n) is 5.84. The lowest BCUT2D eigenvalue weighted by Crippen LogP contribution is -2.28. The first kappa shape index (κ1) is 19.3. The minimum absolute atomic E-state index is 0.0598. The average molecular weight is 388 g/mol. The van der Waals surface area contributed by atoms with Crippen molar-refractivity contribution in [2.45, 2.75) is 19.9 Å². The minimum Gasteiger partial charge on any atom is -0.471 e. The summed E-state index contributed by atoms with van der Waals surface area (Å²) in [7, 11) is 0. The Balaban J connectivity index is 1.62. The molecular weight excluding hydrogens is 370 g/mol. The van der Waals surface area contributed by atoms with Crippen LogP contribution in [-0.4, -0.2) is 29.0 Å². The average Bonchev–Trinajstić information content (AvgIpc) is 3.21. The first-order valence-corrected chi connectivity index (χ1v) is 8.43. The Bertz CT molecular complexity index is 933. The number of hydrogen-bond acceptors (Lipinski definition) is 5. The number of urea groups is 1. The summed E-state index contributed by atoms with van der Waals surface area (Å²) in [5.41, 5.74) is 2.75. The van der Waals surface area contributed by atoms with Gasteiger partial charge in [-0.3, -0.25) is 0 Å². The molecule has 2 N–H and O–H groups in total. The van der Waals surface area contributed by atoms with E-state index in [9.17, 15) is 13.6 Å². The predicted octanol–water partition coefficient (Wildman–Crippen LogP) is 4.01. The lowest BCUT2D eigenvalue weighted by atomic mass is 10.1. The van der Waals surface area contributed by atoms with Crippen LogP contribution in [0.5, 0.6) is 5.88 Å². The number of ether oxygens (including phenoxy) is 1. The normalized spacial score (nSPS) is 10.7. The summed E-state index contributed by atoms with van der Waals surface area (Å²) < 4.78 is 34.9. The second-order valence-corrected chi connectivity index (χ2v) is 5.84. The van der Waals surface area contributed by atoms with E-state index in [0.717, 1.165) is 11.1 Å². The zero-order chi connectivity index (χ0) is 19.9. The van der Waals surface area contributed by atoms with E-state index in [1.165, 1.54) is 12.5 Å². The number of carbonyl (C=O) groups excluding carboxylic acids is 1. The van der Waals surface area contributed by atoms with Gasteiger partial charge in [0.2, 0.25) is 11.8 Å². The molecule has 9 heteroatoms. The molecule has 0 saturated heterocycles. The molecule has 3 aromatic rings. The smallest absolute Gasteiger partial charge is 0.319 e. The van der Waals surface area contributed by atoms with Gasteiger partial charge in [0.15, 0.2) is 6.61 Å². The number of pyridine rings is 1. The van der Waals surface area contributed by atoms with Crippen molar-refractivity contribution in [3.63, 3.8) is 0 Å². The molecule has 0 fully saturated rings. The lowest BCUT2D eigenvalue weighted by Gasteiger charge is -2.12. The number of hydrogen-bond donors (Lipinski definition) is 2. The molecule has 1 aromatic carbocycles. The van der Waals surface area contributed by atoms with Gasteiger partial charge in [-0.15, -0.1) is 0 Å². The highest BCUT2D eigenvalue weighted by Gasteiger charge is 2.12. The van der Waals surface area contributed by atoms with Crippen molar-refractivity contribution in [1.29, 1.82) is 0 Å². The van der Waals surface area contributed by atoms with E-state index in [0.29, 0.717) is 17.1 Å². The molecule has 0 unspecified atom stereocenters. The highest BCUT2D eigenvalue weighted by atomic mass is 19.3. The van der Waals surface area contributed by atoms with Crippen molar-refractivity contribution in [3.8, 4) is 17.3 Å². The van der Waals surface area contributed by atoms with Crippen LogP contribution in [0.3, 0.4) is 0 Å². The molecule has 3 rings (SSSR count). The summed E-state index contributed by atoms with van der Waals surface area (Å²) in [6.45, 7) is 1.21. The SMILES string of the molecule is Cc1ccc(NC(=O)NCc2cccnc2OCC(F)F)cc1-c1ncco1. The van der Waals surface area contributed by atoms with Crippen LogP contribution < -0.4 is 15.4 Å². The Morgan fingerprint density at radius 1 is 1.25 bits per heavy atom. The third kappa shape index (κ3) is 5.03. The van der Waals surface area contributed by atoms with Gasteiger partial charge < -0.3 is 19.8 Å². The van der Waals surface area contributed by atoms with Crippen molar-refractivity contribution >= 4 is 11.7 Å². The fourth-order valence-electron chi connectivity index (χ4n) is 2.47. The Morgan fingerprint density at radius 2 is 2.11 bits per heavy atom. The number of benzene rings is 1. The molecule has 0 aliphatic rings. The molecule has 0 atom stereocenters. The van der Waals surface area contributed by atoms with Gasteiger partial charge in [-0.1, -0.05) is 12.1 Å². The van der Waals surface area contributed by atoms with Gasteiger partial charge in [-0.25, -0.2) is 23.5 Å². The minimum atomic E-state index is -2.61. The first-order valence-electron chi connectivity index (χ1n) is 8.43. The van der Waals surface area contributed by atoms with Gasteiger partial charge >= 0.3 is 6.03 Å². The van der Waals surface area contributed by atoms with Crippen LogP contribution in [0.2, 0.25) is 0 Å². The first-order chi connectivity index (χ1) is 13.5. The molecule has 0 aliphatic heterocycles. The molecule has 0 bridgehead atoms. The number of alkyl halides is 2. The molecule has 146 valence electrons. The summed E-state index contributed by atoms with van der Waals surface area (Å²) in [4.78, 5) is 20.2. The van der Waals surface area contributed by atoms with Crippen LogP contribution in [0.4, 0.5) is 19.3 Å². The number of nitrogens with one attached hydrogen (secondary N) is 2. The van der Waals surface area contributed by atoms with E-state index >= 15 is 0 Å². The van der Waals surface area contributed by atoms with E-state index in [1.807, 2.05) is 13.0 Å². The summed E-state index contributed by atoms with van der Waals surface area (Å²) in [6.07, 6.45) is 1.85. The number of carbonyl (C=O) groups is 1. The van der Waals surface area contributed by atoms with E-state index < -0.39 is 19.1 Å². The number of nitrogens with zero attached hydrogens (tertiary/aromatic N) is 2. The number of oxazole rings is 1. The Hall–Kier alpha value is -3.49. The molecule has 0 radical (unpaired) electrons. The topological polar surface area (TPSA) is 89.3 Å². The fraction of sp³-hybridized carbons (Fsp3) is 0.211. The lowest BCUT2D eigenvalue weighted by molar-refractivity contribution is 0.0790. The highest BCUT2D eigenvalue weighted by Crippen LogP contribution is 2.25. The maximum absolute atomic E-state index is 12.3. The zero-order valence-corrected chi connectivity index (χ0v) is 15.0. The predicted molar refractivity (Wildman–Crippen MR) is 98.3 cm³/mol. The molecule has 2 amide bonds. The largest absolute Gasteiger partial charge is 0.471 e. The maximum Gasteiger partial charge on any atom is 0.319 e. The van der Waals surface area contributed by atoms with Crippen molar-refractivity contribution in [2.24, 2.45) is 0 Å². The van der Waals surface area contributed by atoms with Gasteiger partial charge in [0.1, 0.15) is 6.26 Å². The Labute approximate surface area is 159 Å². The number of aromatic nitrogens is 2. The van der Waals surface area contributed by atoms with Crippen molar-refractivity contribution in [1.82, 2.24) is 15.3 Å². The van der Waals surface area contributed by atoms with Gasteiger partial charge in [0.25, 0.3) is 6.43 Å². The number of anilines is 1. The quantitative estimate of drug-likeness (QED) is 0.638. The second kappa shape index (κ2) is 8.94. The summed E-state index contributed by atoms with van der Waals surface area (Å²) in [5.74, 6) is 0.516. The summed E-state index contributed by atoms with van der Waals surface area (Å²) >= 11 is 0. The van der Waals surface area contributed by atoms with Crippen molar-refractivity contribution in [3.05, 3.63) is 60.1 Å². The van der Waals surface area contributed by atoms with Gasteiger partial charge in [0.05, 0.1) is 6.20 Å². The van der Waals surface area contributed by atoms with E-state index in [-0.39, 0.29) is 12.4 Å². The molecule has 2 aromatic heterocycles. The number of rotatable bonds is 7. The third-order valence-electron chi connectivity index (χ3n) is 3.79. The van der Waals surface area contributed by atoms with Gasteiger partial charge in [0, 0.05) is 29.6 Å². The van der Waals surface area contributed by atoms with E-state index in [4.69, 9.17) is 9.15 Å². The van der Waals surface area contributed by atoms with Crippen LogP contribution in [0.1, 0.15) is 11.1 Å². The Kier molecular flexibility index (Phi) is 6.15. The summed E-state index contributed by atoms with van der Waals surface area (Å²) in [6, 6.07) is 8.15. The van der Waals surface area contributed by atoms with Crippen LogP contribution >= 0.6 is 0 Å². The monoisotopic (exact) mass is 388 g/mol. The van der Waals surface area contributed by atoms with Crippen LogP contribution in [0.15, 0.2) is 53.4 Å². The fourth-order valence-corrected chi connectivity index (χ4v) is 2.47. The molecule has 0 saturated carbocycles. The molecule has 7 nitrogen and oxygen atoms in total. The molecule has 0 spiro atoms. The van der Waals surface area contributed by atoms with Crippen molar-refractivity contribution < 1.29 is 22.7 Å². The third-order valence-corrected chi connectivity index (χ3v) is 3.79. The van der Waals surface area contributed by atoms with Crippen LogP contribution in [0, 0.1) is 6.92 Å².